The Morgan fingerprint density at radius 3 is 2.00 bits per heavy atom. The van der Waals surface area contributed by atoms with Gasteiger partial charge < -0.3 is 13.9 Å². The molecule has 0 N–H and O–H groups in total. The largest absolute Gasteiger partial charge is 0.409 e. The van der Waals surface area contributed by atoms with E-state index in [1.54, 1.807) is 19.8 Å². The zero-order chi connectivity index (χ0) is 21.2. The Morgan fingerprint density at radius 2 is 1.46 bits per heavy atom. The lowest BCUT2D eigenvalue weighted by atomic mass is 9.93. The summed E-state index contributed by atoms with van der Waals surface area (Å²) in [5.74, 6) is 0. The van der Waals surface area contributed by atoms with Crippen LogP contribution in [-0.4, -0.2) is 34.9 Å². The highest BCUT2D eigenvalue weighted by molar-refractivity contribution is 6.77. The fraction of sp³-hybridized carbons (Fsp3) is 0.917. The Balaban J connectivity index is 2.95. The molecule has 0 spiro atoms. The van der Waals surface area contributed by atoms with Gasteiger partial charge in [-0.25, -0.2) is 0 Å². The Hall–Kier alpha value is -0.163. The molecule has 1 saturated carbocycles. The molecule has 1 aliphatic rings. The first-order valence-electron chi connectivity index (χ1n) is 11.7. The lowest BCUT2D eigenvalue weighted by Gasteiger charge is -2.45. The summed E-state index contributed by atoms with van der Waals surface area (Å²) in [7, 11) is 1.59. The van der Waals surface area contributed by atoms with E-state index < -0.39 is 8.32 Å². The summed E-state index contributed by atoms with van der Waals surface area (Å²) in [5, 5.41) is 0. The first-order valence-corrected chi connectivity index (χ1v) is 13.9. The predicted molar refractivity (Wildman–Crippen MR) is 123 cm³/mol. The maximum absolute atomic E-state index is 7.25. The number of methoxy groups -OCH3 is 2. The molecule has 0 aliphatic heterocycles. The molecule has 1 unspecified atom stereocenters. The van der Waals surface area contributed by atoms with Crippen LogP contribution in [0.5, 0.6) is 0 Å². The Bertz CT molecular complexity index is 419. The van der Waals surface area contributed by atoms with Gasteiger partial charge in [0.25, 0.3) is 0 Å². The van der Waals surface area contributed by atoms with Crippen molar-refractivity contribution >= 4 is 8.32 Å². The van der Waals surface area contributed by atoms with Crippen LogP contribution in [0.25, 0.3) is 0 Å². The number of hydrogen-bond donors (Lipinski definition) is 0. The van der Waals surface area contributed by atoms with Crippen molar-refractivity contribution in [1.29, 1.82) is 0 Å². The predicted octanol–water partition coefficient (Wildman–Crippen LogP) is 7.62. The zero-order valence-electron chi connectivity index (χ0n) is 20.1. The van der Waals surface area contributed by atoms with Crippen molar-refractivity contribution in [3.63, 3.8) is 0 Å². The molecular weight excluding hydrogens is 364 g/mol. The molecule has 0 aromatic rings. The van der Waals surface area contributed by atoms with Crippen LogP contribution in [0.15, 0.2) is 11.6 Å². The van der Waals surface area contributed by atoms with E-state index in [4.69, 9.17) is 13.9 Å². The highest BCUT2D eigenvalue weighted by Crippen LogP contribution is 2.44. The third-order valence-corrected chi connectivity index (χ3v) is 12.8. The number of ether oxygens (including phenoxy) is 2. The van der Waals surface area contributed by atoms with Crippen molar-refractivity contribution in [2.45, 2.75) is 128 Å². The molecule has 0 saturated heterocycles. The van der Waals surface area contributed by atoms with E-state index in [2.05, 4.69) is 47.6 Å². The highest BCUT2D eigenvalue weighted by Gasteiger charge is 2.46. The lowest BCUT2D eigenvalue weighted by Crippen LogP contribution is -2.50. The van der Waals surface area contributed by atoms with Crippen molar-refractivity contribution < 1.29 is 13.9 Å². The van der Waals surface area contributed by atoms with Crippen molar-refractivity contribution in [2.75, 3.05) is 14.2 Å². The van der Waals surface area contributed by atoms with Gasteiger partial charge in [-0.15, -0.1) is 0 Å². The zero-order valence-corrected chi connectivity index (χ0v) is 21.1. The minimum atomic E-state index is -1.85. The molecule has 166 valence electrons. The van der Waals surface area contributed by atoms with E-state index in [1.165, 1.54) is 38.5 Å². The second-order valence-electron chi connectivity index (χ2n) is 9.49. The highest BCUT2D eigenvalue weighted by atomic mass is 28.4. The average molecular weight is 413 g/mol. The van der Waals surface area contributed by atoms with Crippen LogP contribution < -0.4 is 0 Å². The van der Waals surface area contributed by atoms with Gasteiger partial charge in [-0.2, -0.15) is 0 Å². The first kappa shape index (κ1) is 25.9. The summed E-state index contributed by atoms with van der Waals surface area (Å²) >= 11 is 0. The summed E-state index contributed by atoms with van der Waals surface area (Å²) < 4.78 is 17.9. The van der Waals surface area contributed by atoms with Crippen LogP contribution in [0.3, 0.4) is 0 Å². The van der Waals surface area contributed by atoms with Crippen LogP contribution in [-0.2, 0) is 13.9 Å². The molecule has 1 fully saturated rings. The molecule has 1 aliphatic carbocycles. The van der Waals surface area contributed by atoms with Gasteiger partial charge in [0.15, 0.2) is 6.29 Å². The van der Waals surface area contributed by atoms with E-state index >= 15 is 0 Å². The van der Waals surface area contributed by atoms with Crippen LogP contribution in [0.1, 0.15) is 99.3 Å². The van der Waals surface area contributed by atoms with Crippen molar-refractivity contribution in [3.8, 4) is 0 Å². The van der Waals surface area contributed by atoms with E-state index in [-0.39, 0.29) is 6.29 Å². The standard InChI is InChI=1S/C24H48O3Si/c1-19(2)28(20(3)4,21(5)6)27-23-17-12-10-9-11-15-22(23)16-13-14-18-24(25-7)26-8/h16,19-21,23-24H,9-15,17-18H2,1-8H3/b22-16-. The topological polar surface area (TPSA) is 27.7 Å². The van der Waals surface area contributed by atoms with Gasteiger partial charge in [-0.1, -0.05) is 66.9 Å². The minimum Gasteiger partial charge on any atom is -0.409 e. The third-order valence-electron chi connectivity index (χ3n) is 6.73. The average Bonchev–Trinajstić information content (AvgIpc) is 2.62. The molecule has 0 radical (unpaired) electrons. The maximum Gasteiger partial charge on any atom is 0.201 e. The Morgan fingerprint density at radius 1 is 0.893 bits per heavy atom. The molecular formula is C24H48O3Si. The smallest absolute Gasteiger partial charge is 0.201 e. The number of allylic oxidation sites excluding steroid dienone is 1. The van der Waals surface area contributed by atoms with Crippen molar-refractivity contribution in [3.05, 3.63) is 11.6 Å². The van der Waals surface area contributed by atoms with E-state index in [0.29, 0.717) is 22.7 Å². The molecule has 0 aromatic heterocycles. The van der Waals surface area contributed by atoms with Gasteiger partial charge in [0.2, 0.25) is 8.32 Å². The molecule has 0 amide bonds. The molecule has 3 nitrogen and oxygen atoms in total. The SMILES string of the molecule is COC(CCC/C=C1/CCCCCCC1O[Si](C(C)C)(C(C)C)C(C)C)OC. The fourth-order valence-corrected chi connectivity index (χ4v) is 10.9. The molecule has 28 heavy (non-hydrogen) atoms. The summed E-state index contributed by atoms with van der Waals surface area (Å²) in [6, 6.07) is 0. The van der Waals surface area contributed by atoms with E-state index in [0.717, 1.165) is 19.3 Å². The fourth-order valence-electron chi connectivity index (χ4n) is 5.29. The summed E-state index contributed by atoms with van der Waals surface area (Å²) in [4.78, 5) is 0. The van der Waals surface area contributed by atoms with Gasteiger partial charge in [-0.3, -0.25) is 0 Å². The normalized spacial score (nSPS) is 21.1. The second kappa shape index (κ2) is 13.2. The second-order valence-corrected chi connectivity index (χ2v) is 14.9. The molecule has 0 aromatic carbocycles. The molecule has 1 rings (SSSR count). The Kier molecular flexibility index (Phi) is 12.2. The van der Waals surface area contributed by atoms with Crippen molar-refractivity contribution in [2.24, 2.45) is 0 Å². The summed E-state index contributed by atoms with van der Waals surface area (Å²) in [5.41, 5.74) is 3.50. The van der Waals surface area contributed by atoms with Crippen LogP contribution in [0.2, 0.25) is 16.6 Å². The van der Waals surface area contributed by atoms with Crippen LogP contribution >= 0.6 is 0 Å². The Labute approximate surface area is 176 Å². The van der Waals surface area contributed by atoms with Crippen molar-refractivity contribution in [1.82, 2.24) is 0 Å². The van der Waals surface area contributed by atoms with Crippen LogP contribution in [0.4, 0.5) is 0 Å². The molecule has 4 heteroatoms. The van der Waals surface area contributed by atoms with E-state index in [1.807, 2.05) is 0 Å². The van der Waals surface area contributed by atoms with E-state index in [9.17, 15) is 0 Å². The number of rotatable bonds is 11. The summed E-state index contributed by atoms with van der Waals surface area (Å²) in [6.45, 7) is 14.4. The van der Waals surface area contributed by atoms with Gasteiger partial charge in [0.1, 0.15) is 0 Å². The van der Waals surface area contributed by atoms with Gasteiger partial charge >= 0.3 is 0 Å². The minimum absolute atomic E-state index is 0.0781. The quantitative estimate of drug-likeness (QED) is 0.151. The number of unbranched alkanes of at least 4 members (excludes halogenated alkanes) is 1. The molecule has 0 heterocycles. The number of hydrogen-bond acceptors (Lipinski definition) is 3. The van der Waals surface area contributed by atoms with Gasteiger partial charge in [0, 0.05) is 14.2 Å². The van der Waals surface area contributed by atoms with Gasteiger partial charge in [0.05, 0.1) is 6.10 Å². The van der Waals surface area contributed by atoms with Crippen LogP contribution in [0, 0.1) is 0 Å². The lowest BCUT2D eigenvalue weighted by molar-refractivity contribution is -0.106. The summed E-state index contributed by atoms with van der Waals surface area (Å²) in [6.07, 6.45) is 13.6. The maximum atomic E-state index is 7.25. The monoisotopic (exact) mass is 412 g/mol. The first-order chi connectivity index (χ1) is 13.3. The molecule has 0 bridgehead atoms. The molecule has 1 atom stereocenters. The van der Waals surface area contributed by atoms with Gasteiger partial charge in [-0.05, 0) is 60.7 Å². The third kappa shape index (κ3) is 7.27.